The maximum absolute atomic E-state index is 12.5. The molecule has 0 saturated heterocycles. The lowest BCUT2D eigenvalue weighted by atomic mass is 9.91. The molecule has 0 radical (unpaired) electrons. The number of fused-ring (bicyclic) bond motifs is 1. The summed E-state index contributed by atoms with van der Waals surface area (Å²) in [5, 5.41) is 0. The van der Waals surface area contributed by atoms with Gasteiger partial charge in [-0.25, -0.2) is 0 Å². The van der Waals surface area contributed by atoms with E-state index in [2.05, 4.69) is 15.9 Å². The lowest BCUT2D eigenvalue weighted by Gasteiger charge is -2.18. The average molecular weight is 439 g/mol. The summed E-state index contributed by atoms with van der Waals surface area (Å²) in [7, 11) is 1.40. The van der Waals surface area contributed by atoms with Gasteiger partial charge in [0, 0.05) is 10.0 Å². The van der Waals surface area contributed by atoms with Crippen LogP contribution in [-0.2, 0) is 16.1 Å². The molecule has 0 aromatic heterocycles. The van der Waals surface area contributed by atoms with E-state index in [0.29, 0.717) is 12.4 Å². The molecular weight excluding hydrogens is 420 g/mol. The van der Waals surface area contributed by atoms with Gasteiger partial charge in [0.05, 0.1) is 7.11 Å². The molecule has 5 heteroatoms. The molecule has 3 aromatic carbocycles. The molecule has 0 N–H and O–H groups in total. The van der Waals surface area contributed by atoms with Crippen LogP contribution < -0.4 is 9.47 Å². The van der Waals surface area contributed by atoms with Crippen molar-refractivity contribution in [3.8, 4) is 11.5 Å². The molecular formula is C23H19BrO4. The van der Waals surface area contributed by atoms with Crippen molar-refractivity contribution in [2.45, 2.75) is 18.6 Å². The van der Waals surface area contributed by atoms with Gasteiger partial charge in [-0.3, -0.25) is 4.79 Å². The number of benzene rings is 3. The molecule has 2 atom stereocenters. The average Bonchev–Trinajstić information content (AvgIpc) is 3.11. The fourth-order valence-electron chi connectivity index (χ4n) is 3.37. The third kappa shape index (κ3) is 3.76. The smallest absolute Gasteiger partial charge is 0.317 e. The Hall–Kier alpha value is -2.79. The van der Waals surface area contributed by atoms with E-state index < -0.39 is 12.0 Å². The minimum absolute atomic E-state index is 0.314. The van der Waals surface area contributed by atoms with E-state index >= 15 is 0 Å². The Bertz CT molecular complexity index is 970. The van der Waals surface area contributed by atoms with Crippen molar-refractivity contribution < 1.29 is 19.0 Å². The molecule has 0 fully saturated rings. The molecule has 1 aliphatic heterocycles. The van der Waals surface area contributed by atoms with Gasteiger partial charge in [-0.1, -0.05) is 58.4 Å². The van der Waals surface area contributed by atoms with Crippen LogP contribution in [0.1, 0.15) is 28.7 Å². The summed E-state index contributed by atoms with van der Waals surface area (Å²) < 4.78 is 17.9. The fourth-order valence-corrected chi connectivity index (χ4v) is 3.75. The third-order valence-corrected chi connectivity index (χ3v) is 5.27. The summed E-state index contributed by atoms with van der Waals surface area (Å²) in [5.74, 6) is 0.647. The summed E-state index contributed by atoms with van der Waals surface area (Å²) in [5.41, 5.74) is 2.84. The first-order valence-corrected chi connectivity index (χ1v) is 9.75. The molecule has 3 aromatic rings. The van der Waals surface area contributed by atoms with E-state index in [0.717, 1.165) is 26.9 Å². The van der Waals surface area contributed by atoms with Gasteiger partial charge in [0.15, 0.2) is 0 Å². The Balaban J connectivity index is 1.54. The molecule has 0 amide bonds. The Morgan fingerprint density at radius 2 is 1.79 bits per heavy atom. The SMILES string of the molecule is COC(=O)[C@H]1c2cc(Br)ccc2O[C@H]1c1ccc(OCc2ccccc2)cc1. The van der Waals surface area contributed by atoms with Crippen LogP contribution in [-0.4, -0.2) is 13.1 Å². The fraction of sp³-hybridized carbons (Fsp3) is 0.174. The van der Waals surface area contributed by atoms with Crippen LogP contribution in [0, 0.1) is 0 Å². The van der Waals surface area contributed by atoms with E-state index in [1.807, 2.05) is 72.8 Å². The highest BCUT2D eigenvalue weighted by atomic mass is 79.9. The van der Waals surface area contributed by atoms with Crippen LogP contribution in [0.2, 0.25) is 0 Å². The largest absolute Gasteiger partial charge is 0.489 e. The van der Waals surface area contributed by atoms with E-state index in [9.17, 15) is 4.79 Å². The first-order valence-electron chi connectivity index (χ1n) is 8.96. The van der Waals surface area contributed by atoms with Crippen LogP contribution >= 0.6 is 15.9 Å². The van der Waals surface area contributed by atoms with Gasteiger partial charge in [0.2, 0.25) is 0 Å². The first kappa shape index (κ1) is 18.6. The van der Waals surface area contributed by atoms with Crippen LogP contribution in [0.25, 0.3) is 0 Å². The normalized spacial score (nSPS) is 17.5. The molecule has 1 heterocycles. The van der Waals surface area contributed by atoms with Gasteiger partial charge in [-0.05, 0) is 41.5 Å². The van der Waals surface area contributed by atoms with Crippen LogP contribution in [0.5, 0.6) is 11.5 Å². The molecule has 28 heavy (non-hydrogen) atoms. The van der Waals surface area contributed by atoms with E-state index in [1.54, 1.807) is 0 Å². The number of carbonyl (C=O) groups excluding carboxylic acids is 1. The predicted molar refractivity (Wildman–Crippen MR) is 109 cm³/mol. The maximum atomic E-state index is 12.5. The van der Waals surface area contributed by atoms with Gasteiger partial charge in [0.25, 0.3) is 0 Å². The highest BCUT2D eigenvalue weighted by molar-refractivity contribution is 9.10. The second kappa shape index (κ2) is 8.07. The lowest BCUT2D eigenvalue weighted by molar-refractivity contribution is -0.144. The number of carbonyl (C=O) groups is 1. The van der Waals surface area contributed by atoms with E-state index in [4.69, 9.17) is 14.2 Å². The molecule has 0 aliphatic carbocycles. The maximum Gasteiger partial charge on any atom is 0.317 e. The van der Waals surface area contributed by atoms with Crippen molar-refractivity contribution >= 4 is 21.9 Å². The van der Waals surface area contributed by atoms with E-state index in [1.165, 1.54) is 7.11 Å². The number of rotatable bonds is 5. The van der Waals surface area contributed by atoms with Crippen molar-refractivity contribution in [2.75, 3.05) is 7.11 Å². The van der Waals surface area contributed by atoms with Crippen molar-refractivity contribution in [3.05, 3.63) is 94.0 Å². The number of esters is 1. The zero-order valence-corrected chi connectivity index (χ0v) is 16.9. The van der Waals surface area contributed by atoms with Gasteiger partial charge >= 0.3 is 5.97 Å². The summed E-state index contributed by atoms with van der Waals surface area (Å²) >= 11 is 3.46. The Kier molecular flexibility index (Phi) is 5.35. The highest BCUT2D eigenvalue weighted by Gasteiger charge is 2.41. The summed E-state index contributed by atoms with van der Waals surface area (Å²) in [4.78, 5) is 12.5. The molecule has 0 bridgehead atoms. The van der Waals surface area contributed by atoms with Crippen LogP contribution in [0.3, 0.4) is 0 Å². The Labute approximate surface area is 172 Å². The van der Waals surface area contributed by atoms with Gasteiger partial charge < -0.3 is 14.2 Å². The second-order valence-corrected chi connectivity index (χ2v) is 7.48. The van der Waals surface area contributed by atoms with Crippen LogP contribution in [0.15, 0.2) is 77.3 Å². The van der Waals surface area contributed by atoms with E-state index in [-0.39, 0.29) is 5.97 Å². The standard InChI is InChI=1S/C23H19BrO4/c1-26-23(25)21-19-13-17(24)9-12-20(19)28-22(21)16-7-10-18(11-8-16)27-14-15-5-3-2-4-6-15/h2-13,21-22H,14H2,1H3/t21-,22-/m0/s1. The minimum atomic E-state index is -0.506. The number of hydrogen-bond acceptors (Lipinski definition) is 4. The zero-order valence-electron chi connectivity index (χ0n) is 15.3. The summed E-state index contributed by atoms with van der Waals surface area (Å²) in [6, 6.07) is 23.3. The minimum Gasteiger partial charge on any atom is -0.489 e. The number of ether oxygens (including phenoxy) is 3. The lowest BCUT2D eigenvalue weighted by Crippen LogP contribution is -2.20. The third-order valence-electron chi connectivity index (χ3n) is 4.78. The van der Waals surface area contributed by atoms with Crippen molar-refractivity contribution in [2.24, 2.45) is 0 Å². The molecule has 0 saturated carbocycles. The Morgan fingerprint density at radius 3 is 2.50 bits per heavy atom. The van der Waals surface area contributed by atoms with Crippen LogP contribution in [0.4, 0.5) is 0 Å². The van der Waals surface area contributed by atoms with Gasteiger partial charge in [-0.15, -0.1) is 0 Å². The molecule has 4 nitrogen and oxygen atoms in total. The number of halogens is 1. The molecule has 0 spiro atoms. The number of methoxy groups -OCH3 is 1. The predicted octanol–water partition coefficient (Wildman–Crippen LogP) is 5.42. The summed E-state index contributed by atoms with van der Waals surface area (Å²) in [6.45, 7) is 0.504. The van der Waals surface area contributed by atoms with Gasteiger partial charge in [-0.2, -0.15) is 0 Å². The molecule has 0 unspecified atom stereocenters. The molecule has 4 rings (SSSR count). The van der Waals surface area contributed by atoms with Crippen molar-refractivity contribution in [1.82, 2.24) is 0 Å². The molecule has 142 valence electrons. The zero-order chi connectivity index (χ0) is 19.5. The second-order valence-electron chi connectivity index (χ2n) is 6.56. The topological polar surface area (TPSA) is 44.8 Å². The summed E-state index contributed by atoms with van der Waals surface area (Å²) in [6.07, 6.45) is -0.431. The Morgan fingerprint density at radius 1 is 1.04 bits per heavy atom. The quantitative estimate of drug-likeness (QED) is 0.499. The molecule has 1 aliphatic rings. The highest BCUT2D eigenvalue weighted by Crippen LogP contribution is 2.47. The van der Waals surface area contributed by atoms with Gasteiger partial charge in [0.1, 0.15) is 30.1 Å². The first-order chi connectivity index (χ1) is 13.7. The monoisotopic (exact) mass is 438 g/mol. The van der Waals surface area contributed by atoms with Crippen molar-refractivity contribution in [3.63, 3.8) is 0 Å². The number of hydrogen-bond donors (Lipinski definition) is 0. The van der Waals surface area contributed by atoms with Crippen molar-refractivity contribution in [1.29, 1.82) is 0 Å².